The number of nitrogens with zero attached hydrogens (tertiary/aromatic N) is 1. The largest absolute Gasteiger partial charge is 0.446 e. The van der Waals surface area contributed by atoms with Crippen molar-refractivity contribution in [2.24, 2.45) is 0 Å². The number of rotatable bonds is 5. The van der Waals surface area contributed by atoms with E-state index in [1.165, 1.54) is 6.92 Å². The normalized spacial score (nSPS) is 11.8. The molecule has 0 saturated heterocycles. The van der Waals surface area contributed by atoms with E-state index >= 15 is 0 Å². The van der Waals surface area contributed by atoms with E-state index in [0.29, 0.717) is 5.56 Å². The predicted molar refractivity (Wildman–Crippen MR) is 88.4 cm³/mol. The van der Waals surface area contributed by atoms with Crippen molar-refractivity contribution < 1.29 is 23.9 Å². The van der Waals surface area contributed by atoms with Gasteiger partial charge >= 0.3 is 12.2 Å². The third kappa shape index (κ3) is 5.91. The Morgan fingerprint density at radius 3 is 1.96 bits per heavy atom. The average molecular weight is 336 g/mol. The molecule has 0 aliphatic rings. The molecule has 1 aromatic carbocycles. The van der Waals surface area contributed by atoms with Gasteiger partial charge < -0.3 is 9.47 Å². The summed E-state index contributed by atoms with van der Waals surface area (Å²) in [6.07, 6.45) is -2.43. The second-order valence-electron chi connectivity index (χ2n) is 5.77. The molecular weight excluding hydrogens is 312 g/mol. The van der Waals surface area contributed by atoms with Gasteiger partial charge in [-0.3, -0.25) is 4.79 Å². The van der Waals surface area contributed by atoms with E-state index in [4.69, 9.17) is 9.47 Å². The van der Waals surface area contributed by atoms with Crippen molar-refractivity contribution in [1.82, 2.24) is 10.4 Å². The smallest absolute Gasteiger partial charge is 0.429 e. The van der Waals surface area contributed by atoms with Gasteiger partial charge in [-0.25, -0.2) is 20.0 Å². The van der Waals surface area contributed by atoms with Crippen molar-refractivity contribution in [2.45, 2.75) is 52.9 Å². The van der Waals surface area contributed by atoms with Gasteiger partial charge in [0.05, 0.1) is 12.2 Å². The van der Waals surface area contributed by atoms with Gasteiger partial charge in [0.1, 0.15) is 6.04 Å². The summed E-state index contributed by atoms with van der Waals surface area (Å²) in [5.41, 5.74) is 2.70. The molecule has 132 valence electrons. The van der Waals surface area contributed by atoms with Crippen molar-refractivity contribution in [3.8, 4) is 0 Å². The third-order valence-electron chi connectivity index (χ3n) is 2.91. The van der Waals surface area contributed by atoms with Gasteiger partial charge in [-0.05, 0) is 34.6 Å². The van der Waals surface area contributed by atoms with Crippen LogP contribution in [0, 0.1) is 0 Å². The number of amides is 2. The molecule has 0 aliphatic heterocycles. The van der Waals surface area contributed by atoms with E-state index in [1.54, 1.807) is 58.0 Å². The van der Waals surface area contributed by atoms with Crippen molar-refractivity contribution in [3.05, 3.63) is 35.9 Å². The number of hydrogen-bond acceptors (Lipinski definition) is 5. The number of ether oxygens (including phenoxy) is 2. The van der Waals surface area contributed by atoms with Crippen LogP contribution in [-0.2, 0) is 9.47 Å². The third-order valence-corrected chi connectivity index (χ3v) is 2.91. The zero-order valence-electron chi connectivity index (χ0n) is 14.6. The average Bonchev–Trinajstić information content (AvgIpc) is 2.50. The van der Waals surface area contributed by atoms with E-state index in [2.05, 4.69) is 5.43 Å². The zero-order valence-corrected chi connectivity index (χ0v) is 14.6. The van der Waals surface area contributed by atoms with Crippen molar-refractivity contribution >= 4 is 18.0 Å². The van der Waals surface area contributed by atoms with Crippen LogP contribution >= 0.6 is 0 Å². The standard InChI is InChI=1S/C17H24N2O5/c1-11(2)23-16(21)18-19(17(22)24-12(3)4)13(5)15(20)14-9-7-6-8-10-14/h6-13H,1-5H3,(H,18,21). The molecule has 1 unspecified atom stereocenters. The van der Waals surface area contributed by atoms with Crippen LogP contribution < -0.4 is 5.43 Å². The molecule has 1 rings (SSSR count). The topological polar surface area (TPSA) is 84.9 Å². The molecule has 0 fully saturated rings. The second-order valence-corrected chi connectivity index (χ2v) is 5.77. The number of hydrogen-bond donors (Lipinski definition) is 1. The molecule has 1 N–H and O–H groups in total. The summed E-state index contributed by atoms with van der Waals surface area (Å²) in [6, 6.07) is 7.53. The van der Waals surface area contributed by atoms with E-state index in [9.17, 15) is 14.4 Å². The quantitative estimate of drug-likeness (QED) is 0.659. The fraction of sp³-hybridized carbons (Fsp3) is 0.471. The van der Waals surface area contributed by atoms with Gasteiger partial charge in [-0.15, -0.1) is 0 Å². The molecule has 0 bridgehead atoms. The van der Waals surface area contributed by atoms with Crippen LogP contribution in [0.15, 0.2) is 30.3 Å². The van der Waals surface area contributed by atoms with E-state index in [-0.39, 0.29) is 11.9 Å². The van der Waals surface area contributed by atoms with Crippen molar-refractivity contribution in [3.63, 3.8) is 0 Å². The van der Waals surface area contributed by atoms with Crippen LogP contribution in [0.5, 0.6) is 0 Å². The number of hydrazine groups is 1. The van der Waals surface area contributed by atoms with Crippen LogP contribution in [0.1, 0.15) is 45.0 Å². The zero-order chi connectivity index (χ0) is 18.3. The molecule has 0 aromatic heterocycles. The fourth-order valence-electron chi connectivity index (χ4n) is 1.86. The highest BCUT2D eigenvalue weighted by atomic mass is 16.6. The van der Waals surface area contributed by atoms with Gasteiger partial charge in [0.25, 0.3) is 0 Å². The SMILES string of the molecule is CC(C)OC(=O)NN(C(=O)OC(C)C)C(C)C(=O)c1ccccc1. The first-order valence-corrected chi connectivity index (χ1v) is 7.78. The summed E-state index contributed by atoms with van der Waals surface area (Å²) >= 11 is 0. The monoisotopic (exact) mass is 336 g/mol. The minimum Gasteiger partial charge on any atom is -0.446 e. The molecule has 2 amide bonds. The number of carbonyl (C=O) groups excluding carboxylic acids is 3. The van der Waals surface area contributed by atoms with Crippen LogP contribution in [0.2, 0.25) is 0 Å². The lowest BCUT2D eigenvalue weighted by Crippen LogP contribution is -2.54. The molecule has 7 heteroatoms. The molecular formula is C17H24N2O5. The lowest BCUT2D eigenvalue weighted by Gasteiger charge is -2.28. The van der Waals surface area contributed by atoms with Crippen LogP contribution in [0.3, 0.4) is 0 Å². The predicted octanol–water partition coefficient (Wildman–Crippen LogP) is 3.15. The molecule has 24 heavy (non-hydrogen) atoms. The number of carbonyl (C=O) groups is 3. The number of nitrogens with one attached hydrogen (secondary N) is 1. The molecule has 7 nitrogen and oxygen atoms in total. The molecule has 0 aliphatic carbocycles. The maximum atomic E-state index is 12.5. The Morgan fingerprint density at radius 1 is 0.917 bits per heavy atom. The number of ketones is 1. The second kappa shape index (κ2) is 8.90. The van der Waals surface area contributed by atoms with Crippen LogP contribution in [0.4, 0.5) is 9.59 Å². The first-order valence-electron chi connectivity index (χ1n) is 7.78. The number of benzene rings is 1. The first-order chi connectivity index (χ1) is 11.2. The van der Waals surface area contributed by atoms with Crippen molar-refractivity contribution in [1.29, 1.82) is 0 Å². The Labute approximate surface area is 141 Å². The molecule has 0 radical (unpaired) electrons. The maximum Gasteiger partial charge on any atom is 0.429 e. The molecule has 1 aromatic rings. The van der Waals surface area contributed by atoms with Gasteiger partial charge in [0.15, 0.2) is 5.78 Å². The van der Waals surface area contributed by atoms with E-state index in [1.807, 2.05) is 0 Å². The lowest BCUT2D eigenvalue weighted by molar-refractivity contribution is 0.0326. The Balaban J connectivity index is 2.96. The van der Waals surface area contributed by atoms with Gasteiger partial charge in [-0.1, -0.05) is 30.3 Å². The van der Waals surface area contributed by atoms with Crippen LogP contribution in [0.25, 0.3) is 0 Å². The Kier molecular flexibility index (Phi) is 7.23. The number of Topliss-reactive ketones (excluding diaryl/α,β-unsaturated/α-hetero) is 1. The fourth-order valence-corrected chi connectivity index (χ4v) is 1.86. The summed E-state index contributed by atoms with van der Waals surface area (Å²) in [5.74, 6) is -0.332. The van der Waals surface area contributed by atoms with Gasteiger partial charge in [-0.2, -0.15) is 0 Å². The van der Waals surface area contributed by atoms with Crippen molar-refractivity contribution in [2.75, 3.05) is 0 Å². The van der Waals surface area contributed by atoms with Crippen LogP contribution in [-0.4, -0.2) is 41.2 Å². The maximum absolute atomic E-state index is 12.5. The van der Waals surface area contributed by atoms with E-state index in [0.717, 1.165) is 5.01 Å². The Morgan fingerprint density at radius 2 is 1.46 bits per heavy atom. The first kappa shape index (κ1) is 19.5. The molecule has 0 spiro atoms. The van der Waals surface area contributed by atoms with Gasteiger partial charge in [0, 0.05) is 5.56 Å². The summed E-state index contributed by atoms with van der Waals surface area (Å²) < 4.78 is 10.1. The van der Waals surface area contributed by atoms with E-state index < -0.39 is 24.3 Å². The molecule has 1 atom stereocenters. The minimum atomic E-state index is -0.960. The minimum absolute atomic E-state index is 0.332. The molecule has 0 heterocycles. The highest BCUT2D eigenvalue weighted by molar-refractivity contribution is 6.01. The summed E-state index contributed by atoms with van der Waals surface area (Å²) in [5, 5.41) is 0.847. The summed E-state index contributed by atoms with van der Waals surface area (Å²) in [7, 11) is 0. The summed E-state index contributed by atoms with van der Waals surface area (Å²) in [6.45, 7) is 8.20. The molecule has 0 saturated carbocycles. The lowest BCUT2D eigenvalue weighted by atomic mass is 10.1. The highest BCUT2D eigenvalue weighted by Gasteiger charge is 2.30. The van der Waals surface area contributed by atoms with Gasteiger partial charge in [0.2, 0.25) is 0 Å². The summed E-state index contributed by atoms with van der Waals surface area (Å²) in [4.78, 5) is 36.6. The highest BCUT2D eigenvalue weighted by Crippen LogP contribution is 2.10. The Bertz CT molecular complexity index is 572. The Hall–Kier alpha value is -2.57.